The molecule has 0 unspecified atom stereocenters. The van der Waals surface area contributed by atoms with Crippen molar-refractivity contribution in [3.63, 3.8) is 0 Å². The standard InChI is InChI=1S/C18H10BrN3O2/c19-9-3-4-10-11(5-6-20)14-16(22-13(10)8-9)17(23)12-2-1-7-21-15(12)18(14)24/h1-8H,20H2/b6-5+. The molecule has 4 rings (SSSR count). The van der Waals surface area contributed by atoms with E-state index >= 15 is 0 Å². The quantitative estimate of drug-likeness (QED) is 0.549. The molecule has 24 heavy (non-hydrogen) atoms. The van der Waals surface area contributed by atoms with E-state index in [-0.39, 0.29) is 34.1 Å². The predicted octanol–water partition coefficient (Wildman–Crippen LogP) is 3.10. The lowest BCUT2D eigenvalue weighted by Gasteiger charge is -2.19. The monoisotopic (exact) mass is 379 g/mol. The van der Waals surface area contributed by atoms with Gasteiger partial charge in [-0.1, -0.05) is 22.0 Å². The van der Waals surface area contributed by atoms with E-state index in [1.807, 2.05) is 12.1 Å². The highest BCUT2D eigenvalue weighted by atomic mass is 79.9. The van der Waals surface area contributed by atoms with E-state index < -0.39 is 0 Å². The van der Waals surface area contributed by atoms with Gasteiger partial charge >= 0.3 is 0 Å². The smallest absolute Gasteiger partial charge is 0.215 e. The van der Waals surface area contributed by atoms with E-state index in [9.17, 15) is 9.59 Å². The Kier molecular flexibility index (Phi) is 3.28. The highest BCUT2D eigenvalue weighted by Crippen LogP contribution is 2.33. The van der Waals surface area contributed by atoms with Crippen molar-refractivity contribution in [2.75, 3.05) is 0 Å². The molecular weight excluding hydrogens is 370 g/mol. The third-order valence-corrected chi connectivity index (χ3v) is 4.45. The Bertz CT molecular complexity index is 1070. The van der Waals surface area contributed by atoms with Gasteiger partial charge in [0.2, 0.25) is 11.6 Å². The van der Waals surface area contributed by atoms with Crippen molar-refractivity contribution in [2.45, 2.75) is 0 Å². The first-order valence-electron chi connectivity index (χ1n) is 7.17. The number of halogens is 1. The van der Waals surface area contributed by atoms with Crippen LogP contribution in [0.5, 0.6) is 0 Å². The molecule has 2 heterocycles. The molecule has 0 saturated carbocycles. The summed E-state index contributed by atoms with van der Waals surface area (Å²) < 4.78 is 0.835. The van der Waals surface area contributed by atoms with Gasteiger partial charge in [0, 0.05) is 16.1 Å². The second kappa shape index (κ2) is 5.35. The molecule has 2 N–H and O–H groups in total. The van der Waals surface area contributed by atoms with Gasteiger partial charge in [0.05, 0.1) is 16.6 Å². The summed E-state index contributed by atoms with van der Waals surface area (Å²) in [6.07, 6.45) is 4.47. The lowest BCUT2D eigenvalue weighted by molar-refractivity contribution is 0.0972. The first-order chi connectivity index (χ1) is 11.6. The Morgan fingerprint density at radius 3 is 2.71 bits per heavy atom. The van der Waals surface area contributed by atoms with Gasteiger partial charge in [0.15, 0.2) is 0 Å². The Hall–Kier alpha value is -2.86. The predicted molar refractivity (Wildman–Crippen MR) is 93.8 cm³/mol. The number of carbonyl (C=O) groups is 2. The lowest BCUT2D eigenvalue weighted by atomic mass is 9.86. The zero-order valence-electron chi connectivity index (χ0n) is 12.3. The molecule has 0 bridgehead atoms. The Morgan fingerprint density at radius 1 is 1.08 bits per heavy atom. The fourth-order valence-corrected chi connectivity index (χ4v) is 3.29. The summed E-state index contributed by atoms with van der Waals surface area (Å²) in [6, 6.07) is 8.73. The van der Waals surface area contributed by atoms with E-state index in [4.69, 9.17) is 5.73 Å². The number of benzene rings is 1. The Labute approximate surface area is 145 Å². The van der Waals surface area contributed by atoms with Crippen LogP contribution in [0.4, 0.5) is 0 Å². The number of nitrogens with two attached hydrogens (primary N) is 1. The summed E-state index contributed by atoms with van der Waals surface area (Å²) >= 11 is 3.40. The maximum Gasteiger partial charge on any atom is 0.215 e. The van der Waals surface area contributed by atoms with Crippen LogP contribution in [-0.4, -0.2) is 21.5 Å². The lowest BCUT2D eigenvalue weighted by Crippen LogP contribution is -2.24. The number of ketones is 2. The van der Waals surface area contributed by atoms with Crippen LogP contribution in [0.15, 0.2) is 47.2 Å². The maximum absolute atomic E-state index is 12.9. The average molecular weight is 380 g/mol. The molecule has 0 atom stereocenters. The normalized spacial score (nSPS) is 13.4. The first-order valence-corrected chi connectivity index (χ1v) is 7.97. The number of hydrogen-bond donors (Lipinski definition) is 1. The number of carbonyl (C=O) groups excluding carboxylic acids is 2. The van der Waals surface area contributed by atoms with Gasteiger partial charge < -0.3 is 5.73 Å². The van der Waals surface area contributed by atoms with Crippen molar-refractivity contribution >= 4 is 44.5 Å². The van der Waals surface area contributed by atoms with Crippen LogP contribution in [0, 0.1) is 0 Å². The van der Waals surface area contributed by atoms with Gasteiger partial charge in [-0.3, -0.25) is 14.6 Å². The molecule has 6 heteroatoms. The van der Waals surface area contributed by atoms with Crippen molar-refractivity contribution in [3.05, 3.63) is 75.3 Å². The number of hydrogen-bond acceptors (Lipinski definition) is 5. The topological polar surface area (TPSA) is 85.9 Å². The van der Waals surface area contributed by atoms with E-state index in [1.54, 1.807) is 24.3 Å². The van der Waals surface area contributed by atoms with Crippen LogP contribution in [-0.2, 0) is 0 Å². The molecule has 1 aliphatic rings. The summed E-state index contributed by atoms with van der Waals surface area (Å²) in [5, 5.41) is 0.749. The molecular formula is C18H10BrN3O2. The minimum Gasteiger partial charge on any atom is -0.405 e. The van der Waals surface area contributed by atoms with Crippen LogP contribution in [0.25, 0.3) is 17.0 Å². The summed E-state index contributed by atoms with van der Waals surface area (Å²) in [5.41, 5.74) is 7.59. The molecule has 2 aromatic heterocycles. The highest BCUT2D eigenvalue weighted by Gasteiger charge is 2.34. The molecule has 0 fully saturated rings. The van der Waals surface area contributed by atoms with E-state index in [2.05, 4.69) is 25.9 Å². The van der Waals surface area contributed by atoms with E-state index in [1.165, 1.54) is 12.4 Å². The van der Waals surface area contributed by atoms with Crippen LogP contribution in [0.3, 0.4) is 0 Å². The van der Waals surface area contributed by atoms with Crippen molar-refractivity contribution in [2.24, 2.45) is 5.73 Å². The second-order valence-electron chi connectivity index (χ2n) is 5.33. The SMILES string of the molecule is N/C=C/c1c2c(nc3cc(Br)ccc13)C(=O)c1cccnc1C2=O. The summed E-state index contributed by atoms with van der Waals surface area (Å²) in [6.45, 7) is 0. The van der Waals surface area contributed by atoms with Crippen molar-refractivity contribution in [3.8, 4) is 0 Å². The fraction of sp³-hybridized carbons (Fsp3) is 0. The zero-order chi connectivity index (χ0) is 16.8. The molecule has 0 aliphatic heterocycles. The number of rotatable bonds is 1. The number of fused-ring (bicyclic) bond motifs is 3. The number of nitrogens with zero attached hydrogens (tertiary/aromatic N) is 2. The largest absolute Gasteiger partial charge is 0.405 e. The van der Waals surface area contributed by atoms with Crippen molar-refractivity contribution in [1.29, 1.82) is 0 Å². The van der Waals surface area contributed by atoms with Gasteiger partial charge in [-0.15, -0.1) is 0 Å². The van der Waals surface area contributed by atoms with Crippen molar-refractivity contribution in [1.82, 2.24) is 9.97 Å². The molecule has 116 valence electrons. The molecule has 1 aromatic carbocycles. The van der Waals surface area contributed by atoms with Crippen LogP contribution >= 0.6 is 15.9 Å². The van der Waals surface area contributed by atoms with E-state index in [0.717, 1.165) is 9.86 Å². The third kappa shape index (κ3) is 2.00. The van der Waals surface area contributed by atoms with Gasteiger partial charge in [-0.25, -0.2) is 4.98 Å². The van der Waals surface area contributed by atoms with Gasteiger partial charge in [-0.2, -0.15) is 0 Å². The molecule has 5 nitrogen and oxygen atoms in total. The third-order valence-electron chi connectivity index (χ3n) is 3.96. The fourth-order valence-electron chi connectivity index (χ4n) is 2.94. The summed E-state index contributed by atoms with van der Waals surface area (Å²) in [4.78, 5) is 34.3. The molecule has 0 saturated heterocycles. The van der Waals surface area contributed by atoms with E-state index in [0.29, 0.717) is 11.1 Å². The molecule has 0 amide bonds. The summed E-state index contributed by atoms with van der Waals surface area (Å²) in [7, 11) is 0. The Morgan fingerprint density at radius 2 is 1.92 bits per heavy atom. The molecule has 3 aromatic rings. The van der Waals surface area contributed by atoms with Crippen LogP contribution < -0.4 is 5.73 Å². The molecule has 0 spiro atoms. The van der Waals surface area contributed by atoms with Gasteiger partial charge in [0.25, 0.3) is 0 Å². The van der Waals surface area contributed by atoms with Crippen LogP contribution in [0.2, 0.25) is 0 Å². The minimum absolute atomic E-state index is 0.138. The number of aromatic nitrogens is 2. The van der Waals surface area contributed by atoms with Crippen LogP contribution in [0.1, 0.15) is 37.7 Å². The number of pyridine rings is 2. The molecule has 0 radical (unpaired) electrons. The zero-order valence-corrected chi connectivity index (χ0v) is 13.9. The first kappa shape index (κ1) is 14.7. The molecule has 1 aliphatic carbocycles. The minimum atomic E-state index is -0.314. The van der Waals surface area contributed by atoms with Crippen molar-refractivity contribution < 1.29 is 9.59 Å². The Balaban J connectivity index is 2.15. The second-order valence-corrected chi connectivity index (χ2v) is 6.24. The average Bonchev–Trinajstić information content (AvgIpc) is 2.59. The van der Waals surface area contributed by atoms with Gasteiger partial charge in [-0.05, 0) is 42.1 Å². The van der Waals surface area contributed by atoms with Gasteiger partial charge in [0.1, 0.15) is 11.4 Å². The highest BCUT2D eigenvalue weighted by molar-refractivity contribution is 9.10. The maximum atomic E-state index is 12.9. The summed E-state index contributed by atoms with van der Waals surface area (Å²) in [5.74, 6) is -0.619.